The van der Waals surface area contributed by atoms with Crippen LogP contribution in [0.5, 0.6) is 5.88 Å². The molecule has 0 spiro atoms. The highest BCUT2D eigenvalue weighted by atomic mass is 16.5. The monoisotopic (exact) mass is 345 g/mol. The van der Waals surface area contributed by atoms with Gasteiger partial charge < -0.3 is 19.5 Å². The molecule has 1 amide bonds. The lowest BCUT2D eigenvalue weighted by Gasteiger charge is -2.19. The van der Waals surface area contributed by atoms with E-state index in [1.807, 2.05) is 20.8 Å². The molecule has 1 fully saturated rings. The summed E-state index contributed by atoms with van der Waals surface area (Å²) < 4.78 is 10.7. The van der Waals surface area contributed by atoms with Crippen LogP contribution in [-0.4, -0.2) is 46.8 Å². The number of hydrogen-bond donors (Lipinski definition) is 1. The van der Waals surface area contributed by atoms with Crippen molar-refractivity contribution < 1.29 is 14.1 Å². The highest BCUT2D eigenvalue weighted by molar-refractivity contribution is 5.79. The second kappa shape index (κ2) is 7.50. The number of aromatic nitrogens is 3. The van der Waals surface area contributed by atoms with Gasteiger partial charge in [0.15, 0.2) is 5.82 Å². The van der Waals surface area contributed by atoms with Gasteiger partial charge in [-0.05, 0) is 27.2 Å². The molecule has 2 aromatic rings. The third-order valence-corrected chi connectivity index (χ3v) is 4.30. The van der Waals surface area contributed by atoms with Crippen molar-refractivity contribution in [3.63, 3.8) is 0 Å². The van der Waals surface area contributed by atoms with E-state index in [1.165, 1.54) is 0 Å². The van der Waals surface area contributed by atoms with Crippen molar-refractivity contribution in [1.29, 1.82) is 0 Å². The van der Waals surface area contributed by atoms with Crippen LogP contribution in [0.1, 0.15) is 30.4 Å². The number of nitrogens with zero attached hydrogens (tertiary/aromatic N) is 4. The minimum atomic E-state index is -0.0228. The summed E-state index contributed by atoms with van der Waals surface area (Å²) in [5.74, 6) is 1.94. The average molecular weight is 345 g/mol. The first-order valence-electron chi connectivity index (χ1n) is 8.48. The van der Waals surface area contributed by atoms with Crippen LogP contribution in [-0.2, 0) is 11.2 Å². The molecule has 1 saturated heterocycles. The van der Waals surface area contributed by atoms with Crippen LogP contribution in [0.2, 0.25) is 0 Å². The van der Waals surface area contributed by atoms with E-state index < -0.39 is 0 Å². The Labute approximate surface area is 146 Å². The maximum Gasteiger partial charge on any atom is 0.257 e. The van der Waals surface area contributed by atoms with Gasteiger partial charge >= 0.3 is 0 Å². The molecule has 134 valence electrons. The molecule has 0 bridgehead atoms. The summed E-state index contributed by atoms with van der Waals surface area (Å²) in [6, 6.07) is 0.0736. The van der Waals surface area contributed by atoms with E-state index in [9.17, 15) is 4.79 Å². The minimum Gasteiger partial charge on any atom is -0.475 e. The average Bonchev–Trinajstić information content (AvgIpc) is 3.17. The molecule has 1 N–H and O–H groups in total. The Morgan fingerprint density at radius 1 is 1.40 bits per heavy atom. The predicted octanol–water partition coefficient (Wildman–Crippen LogP) is 1.42. The molecule has 25 heavy (non-hydrogen) atoms. The molecule has 2 aromatic heterocycles. The number of rotatable bonds is 6. The zero-order valence-corrected chi connectivity index (χ0v) is 14.8. The number of ether oxygens (including phenoxy) is 1. The molecular weight excluding hydrogens is 322 g/mol. The van der Waals surface area contributed by atoms with E-state index in [1.54, 1.807) is 12.4 Å². The number of nitrogens with one attached hydrogen (secondary N) is 1. The summed E-state index contributed by atoms with van der Waals surface area (Å²) in [7, 11) is 0. The lowest BCUT2D eigenvalue weighted by Crippen LogP contribution is -2.38. The van der Waals surface area contributed by atoms with Crippen molar-refractivity contribution in [2.75, 3.05) is 24.6 Å². The molecule has 8 nitrogen and oxygen atoms in total. The molecule has 1 aliphatic heterocycles. The Balaban J connectivity index is 1.59. The first-order chi connectivity index (χ1) is 12.1. The van der Waals surface area contributed by atoms with E-state index in [-0.39, 0.29) is 18.4 Å². The summed E-state index contributed by atoms with van der Waals surface area (Å²) in [5, 5.41) is 6.97. The summed E-state index contributed by atoms with van der Waals surface area (Å²) in [4.78, 5) is 23.0. The smallest absolute Gasteiger partial charge is 0.257 e. The number of aryl methyl sites for hydroxylation is 2. The molecule has 0 radical (unpaired) electrons. The fraction of sp³-hybridized carbons (Fsp3) is 0.529. The van der Waals surface area contributed by atoms with E-state index in [4.69, 9.17) is 9.26 Å². The van der Waals surface area contributed by atoms with Crippen LogP contribution in [0.4, 0.5) is 5.82 Å². The number of amides is 1. The quantitative estimate of drug-likeness (QED) is 0.846. The third kappa shape index (κ3) is 3.89. The topological polar surface area (TPSA) is 93.4 Å². The van der Waals surface area contributed by atoms with Crippen molar-refractivity contribution >= 4 is 11.7 Å². The first kappa shape index (κ1) is 17.2. The van der Waals surface area contributed by atoms with Gasteiger partial charge in [0.1, 0.15) is 5.76 Å². The number of hydrogen-bond acceptors (Lipinski definition) is 7. The zero-order valence-electron chi connectivity index (χ0n) is 14.8. The molecule has 0 saturated carbocycles. The Morgan fingerprint density at radius 2 is 2.20 bits per heavy atom. The Kier molecular flexibility index (Phi) is 5.16. The van der Waals surface area contributed by atoms with Crippen LogP contribution in [0.3, 0.4) is 0 Å². The molecule has 3 rings (SSSR count). The zero-order chi connectivity index (χ0) is 17.8. The largest absolute Gasteiger partial charge is 0.475 e. The number of carbonyl (C=O) groups excluding carboxylic acids is 1. The number of anilines is 1. The van der Waals surface area contributed by atoms with Crippen LogP contribution in [0.15, 0.2) is 16.9 Å². The van der Waals surface area contributed by atoms with Crippen molar-refractivity contribution in [2.45, 2.75) is 39.7 Å². The minimum absolute atomic E-state index is 0.0228. The molecule has 0 aliphatic carbocycles. The summed E-state index contributed by atoms with van der Waals surface area (Å²) in [6.45, 7) is 7.61. The van der Waals surface area contributed by atoms with E-state index in [2.05, 4.69) is 25.3 Å². The highest BCUT2D eigenvalue weighted by Gasteiger charge is 2.27. The summed E-state index contributed by atoms with van der Waals surface area (Å²) >= 11 is 0. The van der Waals surface area contributed by atoms with Crippen molar-refractivity contribution in [2.24, 2.45) is 0 Å². The van der Waals surface area contributed by atoms with Gasteiger partial charge in [-0.15, -0.1) is 0 Å². The predicted molar refractivity (Wildman–Crippen MR) is 91.6 cm³/mol. The Morgan fingerprint density at radius 3 is 2.92 bits per heavy atom. The highest BCUT2D eigenvalue weighted by Crippen LogP contribution is 2.26. The van der Waals surface area contributed by atoms with E-state index in [0.29, 0.717) is 24.8 Å². The lowest BCUT2D eigenvalue weighted by molar-refractivity contribution is -0.121. The lowest BCUT2D eigenvalue weighted by atomic mass is 10.1. The van der Waals surface area contributed by atoms with Gasteiger partial charge in [-0.3, -0.25) is 4.79 Å². The van der Waals surface area contributed by atoms with E-state index in [0.717, 1.165) is 30.0 Å². The SMILES string of the molecule is CCOc1nccnc1N1CCC(NC(=O)Cc2c(C)noc2C)C1. The molecule has 1 unspecified atom stereocenters. The van der Waals surface area contributed by atoms with Crippen molar-refractivity contribution in [3.8, 4) is 5.88 Å². The molecule has 0 aromatic carbocycles. The normalized spacial score (nSPS) is 16.9. The summed E-state index contributed by atoms with van der Waals surface area (Å²) in [6.07, 6.45) is 4.41. The standard InChI is InChI=1S/C17H23N5O3/c1-4-24-17-16(18-6-7-19-17)22-8-5-13(10-22)20-15(23)9-14-11(2)21-25-12(14)3/h6-7,13H,4-5,8-10H2,1-3H3,(H,20,23). The van der Waals surface area contributed by atoms with Gasteiger partial charge in [-0.1, -0.05) is 5.16 Å². The fourth-order valence-electron chi connectivity index (χ4n) is 3.04. The second-order valence-electron chi connectivity index (χ2n) is 6.10. The summed E-state index contributed by atoms with van der Waals surface area (Å²) in [5.41, 5.74) is 1.63. The molecule has 3 heterocycles. The van der Waals surface area contributed by atoms with Gasteiger partial charge in [0.05, 0.1) is 18.7 Å². The molecule has 8 heteroatoms. The van der Waals surface area contributed by atoms with Crippen LogP contribution >= 0.6 is 0 Å². The Hall–Kier alpha value is -2.64. The van der Waals surface area contributed by atoms with Gasteiger partial charge in [0.2, 0.25) is 5.91 Å². The van der Waals surface area contributed by atoms with Crippen molar-refractivity contribution in [1.82, 2.24) is 20.4 Å². The van der Waals surface area contributed by atoms with Gasteiger partial charge in [0.25, 0.3) is 5.88 Å². The van der Waals surface area contributed by atoms with Crippen LogP contribution in [0, 0.1) is 13.8 Å². The molecule has 1 aliphatic rings. The molecular formula is C17H23N5O3. The third-order valence-electron chi connectivity index (χ3n) is 4.30. The van der Waals surface area contributed by atoms with Gasteiger partial charge in [-0.25, -0.2) is 9.97 Å². The second-order valence-corrected chi connectivity index (χ2v) is 6.10. The van der Waals surface area contributed by atoms with Gasteiger partial charge in [-0.2, -0.15) is 0 Å². The van der Waals surface area contributed by atoms with Crippen LogP contribution in [0.25, 0.3) is 0 Å². The van der Waals surface area contributed by atoms with Gasteiger partial charge in [0, 0.05) is 37.1 Å². The molecule has 1 atom stereocenters. The first-order valence-corrected chi connectivity index (χ1v) is 8.48. The van der Waals surface area contributed by atoms with Crippen molar-refractivity contribution in [3.05, 3.63) is 29.4 Å². The van der Waals surface area contributed by atoms with Crippen LogP contribution < -0.4 is 15.0 Å². The Bertz CT molecular complexity index is 726. The fourth-order valence-corrected chi connectivity index (χ4v) is 3.04. The van der Waals surface area contributed by atoms with E-state index >= 15 is 0 Å². The maximum atomic E-state index is 12.3. The maximum absolute atomic E-state index is 12.3. The number of carbonyl (C=O) groups is 1.